The van der Waals surface area contributed by atoms with Crippen LogP contribution in [-0.4, -0.2) is 13.0 Å². The van der Waals surface area contributed by atoms with E-state index in [1.54, 1.807) is 7.11 Å². The first-order valence-corrected chi connectivity index (χ1v) is 6.13. The average Bonchev–Trinajstić information content (AvgIpc) is 2.29. The summed E-state index contributed by atoms with van der Waals surface area (Å²) in [4.78, 5) is 11.4. The lowest BCUT2D eigenvalue weighted by atomic mass is 9.96. The number of carbonyl (C=O) groups is 1. The molecule has 0 aliphatic carbocycles. The second-order valence-corrected chi connectivity index (χ2v) is 4.81. The Balaban J connectivity index is 2.30. The van der Waals surface area contributed by atoms with Crippen molar-refractivity contribution in [3.63, 3.8) is 0 Å². The van der Waals surface area contributed by atoms with Gasteiger partial charge in [-0.1, -0.05) is 15.9 Å². The van der Waals surface area contributed by atoms with E-state index in [9.17, 15) is 4.79 Å². The molecule has 1 heterocycles. The summed E-state index contributed by atoms with van der Waals surface area (Å²) in [7, 11) is 1.65. The largest absolute Gasteiger partial charge is 0.496 e. The summed E-state index contributed by atoms with van der Waals surface area (Å²) in [5.41, 5.74) is 1.05. The highest BCUT2D eigenvalue weighted by atomic mass is 79.9. The lowest BCUT2D eigenvalue weighted by Gasteiger charge is -2.25. The monoisotopic (exact) mass is 283 g/mol. The van der Waals surface area contributed by atoms with Crippen LogP contribution in [0.15, 0.2) is 22.7 Å². The molecule has 1 amide bonds. The zero-order valence-corrected chi connectivity index (χ0v) is 10.7. The molecule has 0 saturated carbocycles. The van der Waals surface area contributed by atoms with Gasteiger partial charge in [-0.3, -0.25) is 4.79 Å². The maximum atomic E-state index is 11.4. The van der Waals surface area contributed by atoms with Crippen molar-refractivity contribution < 1.29 is 9.53 Å². The number of methoxy groups -OCH3 is 1. The Kier molecular flexibility index (Phi) is 3.49. The highest BCUT2D eigenvalue weighted by Crippen LogP contribution is 2.32. The van der Waals surface area contributed by atoms with Crippen molar-refractivity contribution in [3.05, 3.63) is 28.2 Å². The number of ether oxygens (including phenoxy) is 1. The average molecular weight is 284 g/mol. The van der Waals surface area contributed by atoms with Gasteiger partial charge in [0.1, 0.15) is 5.75 Å². The maximum absolute atomic E-state index is 11.4. The molecule has 2 rings (SSSR count). The van der Waals surface area contributed by atoms with E-state index in [1.807, 2.05) is 18.2 Å². The smallest absolute Gasteiger partial charge is 0.220 e. The predicted octanol–water partition coefficient (Wildman–Crippen LogP) is 2.80. The van der Waals surface area contributed by atoms with Gasteiger partial charge in [0.05, 0.1) is 13.2 Å². The minimum absolute atomic E-state index is 0.0775. The third kappa shape index (κ3) is 2.38. The van der Waals surface area contributed by atoms with E-state index in [0.717, 1.165) is 28.6 Å². The van der Waals surface area contributed by atoms with Crippen LogP contribution in [0.1, 0.15) is 30.9 Å². The maximum Gasteiger partial charge on any atom is 0.220 e. The Bertz CT molecular complexity index is 406. The molecule has 3 nitrogen and oxygen atoms in total. The molecule has 1 N–H and O–H groups in total. The molecule has 1 saturated heterocycles. The SMILES string of the molecule is COc1ccc(Br)cc1C1CCCC(=O)N1. The van der Waals surface area contributed by atoms with Crippen LogP contribution < -0.4 is 10.1 Å². The standard InChI is InChI=1S/C12H14BrNO2/c1-16-11-6-5-8(13)7-9(11)10-3-2-4-12(15)14-10/h5-7,10H,2-4H2,1H3,(H,14,15). The zero-order valence-electron chi connectivity index (χ0n) is 9.13. The summed E-state index contributed by atoms with van der Waals surface area (Å²) in [6.07, 6.45) is 2.54. The molecule has 1 aliphatic heterocycles. The zero-order chi connectivity index (χ0) is 11.5. The Morgan fingerprint density at radius 2 is 2.31 bits per heavy atom. The molecule has 1 aromatic rings. The molecule has 1 aliphatic rings. The van der Waals surface area contributed by atoms with E-state index in [-0.39, 0.29) is 11.9 Å². The molecule has 0 aromatic heterocycles. The molecule has 1 unspecified atom stereocenters. The number of hydrogen-bond acceptors (Lipinski definition) is 2. The quantitative estimate of drug-likeness (QED) is 0.907. The van der Waals surface area contributed by atoms with Gasteiger partial charge in [-0.2, -0.15) is 0 Å². The van der Waals surface area contributed by atoms with Crippen molar-refractivity contribution in [3.8, 4) is 5.75 Å². The summed E-state index contributed by atoms with van der Waals surface area (Å²) >= 11 is 3.44. The number of hydrogen-bond donors (Lipinski definition) is 1. The molecular formula is C12H14BrNO2. The van der Waals surface area contributed by atoms with E-state index in [1.165, 1.54) is 0 Å². The molecule has 16 heavy (non-hydrogen) atoms. The molecule has 0 radical (unpaired) electrons. The molecule has 1 atom stereocenters. The topological polar surface area (TPSA) is 38.3 Å². The van der Waals surface area contributed by atoms with Crippen molar-refractivity contribution in [1.82, 2.24) is 5.32 Å². The van der Waals surface area contributed by atoms with Crippen LogP contribution in [-0.2, 0) is 4.79 Å². The van der Waals surface area contributed by atoms with Gasteiger partial charge < -0.3 is 10.1 Å². The molecule has 1 aromatic carbocycles. The van der Waals surface area contributed by atoms with Crippen LogP contribution >= 0.6 is 15.9 Å². The summed E-state index contributed by atoms with van der Waals surface area (Å²) in [6.45, 7) is 0. The fourth-order valence-electron chi connectivity index (χ4n) is 2.02. The van der Waals surface area contributed by atoms with Crippen LogP contribution in [0.5, 0.6) is 5.75 Å². The van der Waals surface area contributed by atoms with Crippen molar-refractivity contribution in [2.45, 2.75) is 25.3 Å². The summed E-state index contributed by atoms with van der Waals surface area (Å²) in [5.74, 6) is 0.952. The van der Waals surface area contributed by atoms with E-state index in [4.69, 9.17) is 4.74 Å². The van der Waals surface area contributed by atoms with Gasteiger partial charge in [-0.05, 0) is 31.0 Å². The van der Waals surface area contributed by atoms with Crippen LogP contribution in [0.3, 0.4) is 0 Å². The van der Waals surface area contributed by atoms with Gasteiger partial charge in [0, 0.05) is 16.5 Å². The van der Waals surface area contributed by atoms with Crippen molar-refractivity contribution in [2.75, 3.05) is 7.11 Å². The Labute approximate surface area is 103 Å². The lowest BCUT2D eigenvalue weighted by molar-refractivity contribution is -0.123. The Morgan fingerprint density at radius 1 is 1.50 bits per heavy atom. The number of benzene rings is 1. The van der Waals surface area contributed by atoms with Gasteiger partial charge in [0.15, 0.2) is 0 Å². The molecular weight excluding hydrogens is 270 g/mol. The minimum Gasteiger partial charge on any atom is -0.496 e. The van der Waals surface area contributed by atoms with Gasteiger partial charge in [0.2, 0.25) is 5.91 Å². The predicted molar refractivity (Wildman–Crippen MR) is 65.4 cm³/mol. The molecule has 0 spiro atoms. The number of nitrogens with one attached hydrogen (secondary N) is 1. The van der Waals surface area contributed by atoms with Crippen LogP contribution in [0.2, 0.25) is 0 Å². The first kappa shape index (κ1) is 11.5. The minimum atomic E-state index is 0.0775. The second-order valence-electron chi connectivity index (χ2n) is 3.90. The van der Waals surface area contributed by atoms with Crippen molar-refractivity contribution >= 4 is 21.8 Å². The molecule has 86 valence electrons. The fraction of sp³-hybridized carbons (Fsp3) is 0.417. The van der Waals surface area contributed by atoms with Crippen molar-refractivity contribution in [2.24, 2.45) is 0 Å². The third-order valence-corrected chi connectivity index (χ3v) is 3.29. The van der Waals surface area contributed by atoms with Crippen LogP contribution in [0.25, 0.3) is 0 Å². The first-order valence-electron chi connectivity index (χ1n) is 5.33. The molecule has 4 heteroatoms. The second kappa shape index (κ2) is 4.87. The van der Waals surface area contributed by atoms with E-state index in [2.05, 4.69) is 21.2 Å². The first-order chi connectivity index (χ1) is 7.70. The number of piperidine rings is 1. The molecule has 0 bridgehead atoms. The van der Waals surface area contributed by atoms with Crippen LogP contribution in [0, 0.1) is 0 Å². The summed E-state index contributed by atoms with van der Waals surface area (Å²) in [5, 5.41) is 2.99. The van der Waals surface area contributed by atoms with Crippen molar-refractivity contribution in [1.29, 1.82) is 0 Å². The third-order valence-electron chi connectivity index (χ3n) is 2.80. The number of carbonyl (C=O) groups excluding carboxylic acids is 1. The van der Waals surface area contributed by atoms with Gasteiger partial charge >= 0.3 is 0 Å². The highest BCUT2D eigenvalue weighted by molar-refractivity contribution is 9.10. The Morgan fingerprint density at radius 3 is 3.00 bits per heavy atom. The fourth-order valence-corrected chi connectivity index (χ4v) is 2.39. The van der Waals surface area contributed by atoms with Crippen LogP contribution in [0.4, 0.5) is 0 Å². The van der Waals surface area contributed by atoms with E-state index >= 15 is 0 Å². The van der Waals surface area contributed by atoms with Gasteiger partial charge in [-0.15, -0.1) is 0 Å². The van der Waals surface area contributed by atoms with E-state index < -0.39 is 0 Å². The number of amides is 1. The summed E-state index contributed by atoms with van der Waals surface area (Å²) in [6, 6.07) is 5.94. The highest BCUT2D eigenvalue weighted by Gasteiger charge is 2.22. The lowest BCUT2D eigenvalue weighted by Crippen LogP contribution is -2.32. The molecule has 1 fully saturated rings. The van der Waals surface area contributed by atoms with Gasteiger partial charge in [0.25, 0.3) is 0 Å². The number of halogens is 1. The normalized spacial score (nSPS) is 20.4. The van der Waals surface area contributed by atoms with Gasteiger partial charge in [-0.25, -0.2) is 0 Å². The van der Waals surface area contributed by atoms with E-state index in [0.29, 0.717) is 6.42 Å². The Hall–Kier alpha value is -1.03. The number of rotatable bonds is 2. The summed E-state index contributed by atoms with van der Waals surface area (Å²) < 4.78 is 6.32.